The second-order valence-corrected chi connectivity index (χ2v) is 8.47. The fraction of sp³-hybridized carbons (Fsp3) is 0.0500. The van der Waals surface area contributed by atoms with E-state index >= 15 is 0 Å². The van der Waals surface area contributed by atoms with E-state index in [1.165, 1.54) is 11.8 Å². The van der Waals surface area contributed by atoms with Crippen molar-refractivity contribution in [2.24, 2.45) is 0 Å². The van der Waals surface area contributed by atoms with Crippen LogP contribution < -0.4 is 0 Å². The fourth-order valence-corrected chi connectivity index (χ4v) is 4.44. The summed E-state index contributed by atoms with van der Waals surface area (Å²) in [6, 6.07) is 12.5. The molecule has 1 saturated heterocycles. The monoisotopic (exact) mass is 446 g/mol. The van der Waals surface area contributed by atoms with Gasteiger partial charge in [0.15, 0.2) is 0 Å². The van der Waals surface area contributed by atoms with Gasteiger partial charge in [0.05, 0.1) is 16.5 Å². The Balaban J connectivity index is 1.56. The van der Waals surface area contributed by atoms with Crippen LogP contribution in [0, 0.1) is 0 Å². The van der Waals surface area contributed by atoms with E-state index < -0.39 is 0 Å². The van der Waals surface area contributed by atoms with Crippen LogP contribution in [-0.2, 0) is 11.3 Å². The van der Waals surface area contributed by atoms with Gasteiger partial charge in [-0.1, -0.05) is 53.2 Å². The summed E-state index contributed by atoms with van der Waals surface area (Å²) in [5.74, 6) is 0.989. The van der Waals surface area contributed by atoms with Crippen molar-refractivity contribution in [3.63, 3.8) is 0 Å². The summed E-state index contributed by atoms with van der Waals surface area (Å²) >= 11 is 18.8. The largest absolute Gasteiger partial charge is 0.457 e. The van der Waals surface area contributed by atoms with E-state index in [1.54, 1.807) is 53.7 Å². The number of amides is 1. The predicted octanol–water partition coefficient (Wildman–Crippen LogP) is 6.05. The Bertz CT molecular complexity index is 1100. The number of furan rings is 1. The van der Waals surface area contributed by atoms with E-state index in [2.05, 4.69) is 4.98 Å². The van der Waals surface area contributed by atoms with Gasteiger partial charge in [0, 0.05) is 29.1 Å². The van der Waals surface area contributed by atoms with E-state index in [0.29, 0.717) is 37.3 Å². The number of hydrogen-bond acceptors (Lipinski definition) is 5. The zero-order valence-corrected chi connectivity index (χ0v) is 17.4. The second kappa shape index (κ2) is 8.09. The molecule has 1 aliphatic heterocycles. The Morgan fingerprint density at radius 2 is 2.07 bits per heavy atom. The summed E-state index contributed by atoms with van der Waals surface area (Å²) in [5.41, 5.74) is 1.65. The van der Waals surface area contributed by atoms with Crippen LogP contribution in [0.2, 0.25) is 10.0 Å². The first-order chi connectivity index (χ1) is 13.5. The zero-order valence-electron chi connectivity index (χ0n) is 14.3. The average molecular weight is 447 g/mol. The molecular formula is C20H12Cl2N2O2S2. The number of hydrogen-bond donors (Lipinski definition) is 0. The number of thiocarbonyl (C=S) groups is 1. The van der Waals surface area contributed by atoms with Crippen LogP contribution in [-0.4, -0.2) is 20.1 Å². The normalized spacial score (nSPS) is 15.6. The maximum absolute atomic E-state index is 12.7. The molecule has 2 aromatic heterocycles. The third-order valence-corrected chi connectivity index (χ3v) is 5.96. The number of rotatable bonds is 4. The lowest BCUT2D eigenvalue weighted by Gasteiger charge is -2.13. The van der Waals surface area contributed by atoms with Gasteiger partial charge < -0.3 is 4.42 Å². The van der Waals surface area contributed by atoms with Crippen LogP contribution >= 0.6 is 47.2 Å². The smallest absolute Gasteiger partial charge is 0.266 e. The molecule has 28 heavy (non-hydrogen) atoms. The van der Waals surface area contributed by atoms with Crippen molar-refractivity contribution in [1.29, 1.82) is 0 Å². The van der Waals surface area contributed by atoms with E-state index in [9.17, 15) is 4.79 Å². The second-order valence-electron chi connectivity index (χ2n) is 5.96. The lowest BCUT2D eigenvalue weighted by molar-refractivity contribution is -0.122. The molecule has 4 nitrogen and oxygen atoms in total. The van der Waals surface area contributed by atoms with E-state index in [4.69, 9.17) is 39.8 Å². The van der Waals surface area contributed by atoms with E-state index in [0.717, 1.165) is 11.1 Å². The van der Waals surface area contributed by atoms with Crippen LogP contribution in [0.3, 0.4) is 0 Å². The molecule has 1 aliphatic rings. The molecule has 1 fully saturated rings. The average Bonchev–Trinajstić information content (AvgIpc) is 3.23. The molecule has 0 radical (unpaired) electrons. The third kappa shape index (κ3) is 4.00. The highest BCUT2D eigenvalue weighted by atomic mass is 35.5. The maximum atomic E-state index is 12.7. The van der Waals surface area contributed by atoms with Crippen LogP contribution in [0.25, 0.3) is 17.4 Å². The highest BCUT2D eigenvalue weighted by molar-refractivity contribution is 8.26. The summed E-state index contributed by atoms with van der Waals surface area (Å²) in [4.78, 5) is 18.9. The van der Waals surface area contributed by atoms with E-state index in [-0.39, 0.29) is 5.91 Å². The molecule has 0 aliphatic carbocycles. The number of halogens is 2. The van der Waals surface area contributed by atoms with Gasteiger partial charge in [0.25, 0.3) is 5.91 Å². The van der Waals surface area contributed by atoms with Gasteiger partial charge in [-0.25, -0.2) is 0 Å². The number of benzene rings is 1. The minimum absolute atomic E-state index is 0.152. The Morgan fingerprint density at radius 3 is 2.82 bits per heavy atom. The van der Waals surface area contributed by atoms with Gasteiger partial charge in [-0.05, 0) is 42.0 Å². The number of carbonyl (C=O) groups excluding carboxylic acids is 1. The Hall–Kier alpha value is -2.12. The number of pyridine rings is 1. The zero-order chi connectivity index (χ0) is 19.7. The van der Waals surface area contributed by atoms with Gasteiger partial charge in [0.1, 0.15) is 15.8 Å². The highest BCUT2D eigenvalue weighted by Crippen LogP contribution is 2.36. The van der Waals surface area contributed by atoms with Crippen LogP contribution in [0.15, 0.2) is 64.2 Å². The molecule has 0 unspecified atom stereocenters. The number of thioether (sulfide) groups is 1. The fourth-order valence-electron chi connectivity index (χ4n) is 2.70. The SMILES string of the molecule is O=C1C(=Cc2ccc(-c3ccc(Cl)cc3Cl)o2)SC(=S)N1Cc1cccnc1. The van der Waals surface area contributed by atoms with Gasteiger partial charge in [-0.3, -0.25) is 14.7 Å². The Labute approximate surface area is 181 Å². The standard InChI is InChI=1S/C20H12Cl2N2O2S2/c21-13-3-5-15(16(22)8-13)17-6-4-14(26-17)9-18-19(25)24(20(27)28-18)11-12-2-1-7-23-10-12/h1-10H,11H2. The summed E-state index contributed by atoms with van der Waals surface area (Å²) < 4.78 is 6.36. The molecule has 4 rings (SSSR count). The molecule has 0 spiro atoms. The molecule has 0 atom stereocenters. The molecule has 0 bridgehead atoms. The third-order valence-electron chi connectivity index (χ3n) is 4.03. The summed E-state index contributed by atoms with van der Waals surface area (Å²) in [5, 5.41) is 1.05. The lowest BCUT2D eigenvalue weighted by Crippen LogP contribution is -2.27. The summed E-state index contributed by atoms with van der Waals surface area (Å²) in [6.45, 7) is 0.389. The first kappa shape index (κ1) is 19.2. The molecule has 1 aromatic carbocycles. The first-order valence-corrected chi connectivity index (χ1v) is 10.2. The van der Waals surface area contributed by atoms with Crippen LogP contribution in [0.1, 0.15) is 11.3 Å². The van der Waals surface area contributed by atoms with Crippen molar-refractivity contribution < 1.29 is 9.21 Å². The summed E-state index contributed by atoms with van der Waals surface area (Å²) in [6.07, 6.45) is 5.10. The number of aromatic nitrogens is 1. The number of carbonyl (C=O) groups is 1. The molecule has 140 valence electrons. The van der Waals surface area contributed by atoms with Crippen molar-refractivity contribution >= 4 is 63.5 Å². The van der Waals surface area contributed by atoms with Crippen molar-refractivity contribution in [2.45, 2.75) is 6.54 Å². The molecule has 0 saturated carbocycles. The number of nitrogens with zero attached hydrogens (tertiary/aromatic N) is 2. The molecular weight excluding hydrogens is 435 g/mol. The van der Waals surface area contributed by atoms with Crippen molar-refractivity contribution in [3.05, 3.63) is 81.1 Å². The van der Waals surface area contributed by atoms with Crippen molar-refractivity contribution in [2.75, 3.05) is 0 Å². The first-order valence-electron chi connectivity index (χ1n) is 8.21. The summed E-state index contributed by atoms with van der Waals surface area (Å²) in [7, 11) is 0. The highest BCUT2D eigenvalue weighted by Gasteiger charge is 2.32. The quantitative estimate of drug-likeness (QED) is 0.360. The van der Waals surface area contributed by atoms with Crippen LogP contribution in [0.4, 0.5) is 0 Å². The van der Waals surface area contributed by atoms with Gasteiger partial charge in [0.2, 0.25) is 0 Å². The molecule has 3 aromatic rings. The van der Waals surface area contributed by atoms with Crippen molar-refractivity contribution in [3.8, 4) is 11.3 Å². The van der Waals surface area contributed by atoms with Gasteiger partial charge in [-0.15, -0.1) is 0 Å². The lowest BCUT2D eigenvalue weighted by atomic mass is 10.2. The van der Waals surface area contributed by atoms with Crippen LogP contribution in [0.5, 0.6) is 0 Å². The topological polar surface area (TPSA) is 46.3 Å². The van der Waals surface area contributed by atoms with Gasteiger partial charge in [-0.2, -0.15) is 0 Å². The van der Waals surface area contributed by atoms with Crippen molar-refractivity contribution in [1.82, 2.24) is 9.88 Å². The molecule has 3 heterocycles. The molecule has 1 amide bonds. The Kier molecular flexibility index (Phi) is 5.55. The van der Waals surface area contributed by atoms with E-state index in [1.807, 2.05) is 12.1 Å². The molecule has 8 heteroatoms. The predicted molar refractivity (Wildman–Crippen MR) is 117 cm³/mol. The van der Waals surface area contributed by atoms with Gasteiger partial charge >= 0.3 is 0 Å². The minimum Gasteiger partial charge on any atom is -0.457 e. The maximum Gasteiger partial charge on any atom is 0.266 e. The minimum atomic E-state index is -0.152. The molecule has 0 N–H and O–H groups in total. The Morgan fingerprint density at radius 1 is 1.21 bits per heavy atom.